The number of rotatable bonds is 4. The molecule has 4 heterocycles. The number of thiophene rings is 1. The molecule has 12 rings (SSSR count). The minimum absolute atomic E-state index is 0. The summed E-state index contributed by atoms with van der Waals surface area (Å²) in [7, 11) is 0. The van der Waals surface area contributed by atoms with Crippen LogP contribution in [0.25, 0.3) is 106 Å². The molecule has 4 aromatic heterocycles. The summed E-state index contributed by atoms with van der Waals surface area (Å²) in [5, 5.41) is 36.8. The molecular formula is C56H31F6IrN6S3. The number of hydrogen-bond acceptors (Lipinski definition) is 9. The van der Waals surface area contributed by atoms with Crippen LogP contribution in [0.15, 0.2) is 164 Å². The monoisotopic (exact) mass is 1190 g/mol. The molecule has 16 heteroatoms. The summed E-state index contributed by atoms with van der Waals surface area (Å²) in [6, 6.07) is 48.6. The van der Waals surface area contributed by atoms with Crippen molar-refractivity contribution < 1.29 is 46.4 Å². The van der Waals surface area contributed by atoms with Gasteiger partial charge >= 0.3 is 32.5 Å². The first-order valence-corrected chi connectivity index (χ1v) is 23.1. The molecule has 0 N–H and O–H groups in total. The SMILES string of the molecule is FC(F)(F)c1ccc(-c2nnc(-c3[c-]c4ccccc4s3)c3cc4ccccc4cc23)cc1C(F)(F)F.[CH-]=C(S)c1nncc2cc3ccccc3cc12.[CH-]=C(S)c1nncc2cc3ccccc3cc12.[Ir+3]. The van der Waals surface area contributed by atoms with Crippen LogP contribution in [0, 0.1) is 19.2 Å². The molecule has 0 aliphatic heterocycles. The van der Waals surface area contributed by atoms with Crippen LogP contribution in [0.5, 0.6) is 0 Å². The second-order valence-corrected chi connectivity index (χ2v) is 18.2. The van der Waals surface area contributed by atoms with Crippen LogP contribution < -0.4 is 0 Å². The van der Waals surface area contributed by atoms with E-state index in [9.17, 15) is 26.3 Å². The van der Waals surface area contributed by atoms with Gasteiger partial charge in [-0.25, -0.2) is 21.5 Å². The van der Waals surface area contributed by atoms with E-state index >= 15 is 0 Å². The van der Waals surface area contributed by atoms with Crippen LogP contribution in [0.2, 0.25) is 0 Å². The van der Waals surface area contributed by atoms with Gasteiger partial charge in [-0.2, -0.15) is 72.0 Å². The van der Waals surface area contributed by atoms with Gasteiger partial charge in [-0.05, 0) is 99.8 Å². The summed E-state index contributed by atoms with van der Waals surface area (Å²) in [6.07, 6.45) is -6.89. The number of aromatic nitrogens is 6. The average Bonchev–Trinajstić information content (AvgIpc) is 3.80. The zero-order valence-corrected chi connectivity index (χ0v) is 41.8. The fourth-order valence-electron chi connectivity index (χ4n) is 8.34. The maximum Gasteiger partial charge on any atom is 3.00 e. The molecule has 72 heavy (non-hydrogen) atoms. The van der Waals surface area contributed by atoms with Gasteiger partial charge in [0.15, 0.2) is 0 Å². The minimum Gasteiger partial charge on any atom is -0.277 e. The van der Waals surface area contributed by atoms with Crippen molar-refractivity contribution in [1.82, 2.24) is 30.6 Å². The van der Waals surface area contributed by atoms with Gasteiger partial charge in [0, 0.05) is 16.6 Å². The number of halogens is 6. The van der Waals surface area contributed by atoms with Crippen molar-refractivity contribution in [3.05, 3.63) is 206 Å². The van der Waals surface area contributed by atoms with E-state index in [1.54, 1.807) is 18.5 Å². The Morgan fingerprint density at radius 2 is 0.875 bits per heavy atom. The van der Waals surface area contributed by atoms with Gasteiger partial charge < -0.3 is 0 Å². The van der Waals surface area contributed by atoms with Crippen LogP contribution in [0.1, 0.15) is 22.5 Å². The van der Waals surface area contributed by atoms with E-state index in [1.165, 1.54) is 22.1 Å². The van der Waals surface area contributed by atoms with Crippen molar-refractivity contribution in [1.29, 1.82) is 0 Å². The fraction of sp³-hybridized carbons (Fsp3) is 0.0357. The largest absolute Gasteiger partial charge is 3.00 e. The third-order valence-electron chi connectivity index (χ3n) is 11.7. The third-order valence-corrected chi connectivity index (χ3v) is 13.2. The molecule has 12 aromatic rings. The second kappa shape index (κ2) is 20.2. The molecular weight excluding hydrogens is 1160 g/mol. The first-order valence-electron chi connectivity index (χ1n) is 21.4. The van der Waals surface area contributed by atoms with Crippen LogP contribution in [0.4, 0.5) is 26.3 Å². The van der Waals surface area contributed by atoms with E-state index in [0.29, 0.717) is 54.7 Å². The number of alkyl halides is 6. The second-order valence-electron chi connectivity index (χ2n) is 16.2. The smallest absolute Gasteiger partial charge is 0.277 e. The Hall–Kier alpha value is -7.07. The Labute approximate surface area is 435 Å². The van der Waals surface area contributed by atoms with E-state index in [4.69, 9.17) is 13.2 Å². The third kappa shape index (κ3) is 10.1. The van der Waals surface area contributed by atoms with Gasteiger partial charge in [0.05, 0.1) is 29.2 Å². The molecule has 0 spiro atoms. The molecule has 8 aromatic carbocycles. The normalized spacial score (nSPS) is 11.6. The molecule has 0 amide bonds. The number of nitrogens with zero attached hydrogens (tertiary/aromatic N) is 6. The zero-order chi connectivity index (χ0) is 49.6. The molecule has 0 atom stereocenters. The van der Waals surface area contributed by atoms with E-state index in [-0.39, 0.29) is 31.4 Å². The van der Waals surface area contributed by atoms with Gasteiger partial charge in [-0.1, -0.05) is 120 Å². The van der Waals surface area contributed by atoms with Gasteiger partial charge in [0.25, 0.3) is 0 Å². The first-order chi connectivity index (χ1) is 34.1. The van der Waals surface area contributed by atoms with Crippen molar-refractivity contribution in [3.8, 4) is 21.8 Å². The fourth-order valence-corrected chi connectivity index (χ4v) is 9.68. The zero-order valence-electron chi connectivity index (χ0n) is 36.8. The van der Waals surface area contributed by atoms with E-state index in [0.717, 1.165) is 59.2 Å². The van der Waals surface area contributed by atoms with Gasteiger partial charge in [0.2, 0.25) is 0 Å². The van der Waals surface area contributed by atoms with Crippen molar-refractivity contribution >= 4 is 121 Å². The number of fused-ring (bicyclic) bond motifs is 7. The summed E-state index contributed by atoms with van der Waals surface area (Å²) in [5.41, 5.74) is -1.80. The van der Waals surface area contributed by atoms with Gasteiger partial charge in [-0.15, -0.1) is 33.4 Å². The minimum atomic E-state index is -5.21. The van der Waals surface area contributed by atoms with Gasteiger partial charge in [0.1, 0.15) is 0 Å². The summed E-state index contributed by atoms with van der Waals surface area (Å²) >= 11 is 9.75. The molecule has 0 unspecified atom stereocenters. The number of hydrogen-bond donors (Lipinski definition) is 2. The van der Waals surface area contributed by atoms with Gasteiger partial charge in [-0.3, -0.25) is 13.2 Å². The molecule has 0 saturated heterocycles. The summed E-state index contributed by atoms with van der Waals surface area (Å²) in [5.74, 6) is 0. The van der Waals surface area contributed by atoms with Crippen LogP contribution >= 0.6 is 36.6 Å². The molecule has 0 aliphatic rings. The van der Waals surface area contributed by atoms with Crippen molar-refractivity contribution in [2.75, 3.05) is 0 Å². The predicted octanol–water partition coefficient (Wildman–Crippen LogP) is 16.1. The molecule has 0 bridgehead atoms. The molecule has 0 radical (unpaired) electrons. The Morgan fingerprint density at radius 1 is 0.458 bits per heavy atom. The molecule has 0 saturated carbocycles. The van der Waals surface area contributed by atoms with Crippen LogP contribution in [-0.2, 0) is 32.5 Å². The van der Waals surface area contributed by atoms with Crippen LogP contribution in [-0.4, -0.2) is 30.6 Å². The predicted molar refractivity (Wildman–Crippen MR) is 280 cm³/mol. The summed E-state index contributed by atoms with van der Waals surface area (Å²) < 4.78 is 81.9. The molecule has 354 valence electrons. The number of benzene rings is 8. The summed E-state index contributed by atoms with van der Waals surface area (Å²) in [6.45, 7) is 11.4. The Kier molecular flexibility index (Phi) is 14.0. The van der Waals surface area contributed by atoms with Crippen molar-refractivity contribution in [2.24, 2.45) is 0 Å². The van der Waals surface area contributed by atoms with Crippen molar-refractivity contribution in [2.45, 2.75) is 12.4 Å². The first kappa shape index (κ1) is 49.9. The Balaban J connectivity index is 0.000000151. The van der Waals surface area contributed by atoms with Crippen LogP contribution in [0.3, 0.4) is 0 Å². The molecule has 6 nitrogen and oxygen atoms in total. The topological polar surface area (TPSA) is 77.3 Å². The maximum absolute atomic E-state index is 13.6. The average molecular weight is 1190 g/mol. The van der Waals surface area contributed by atoms with E-state index in [1.807, 2.05) is 78.9 Å². The Morgan fingerprint density at radius 3 is 1.33 bits per heavy atom. The molecule has 0 aliphatic carbocycles. The molecule has 0 fully saturated rings. The van der Waals surface area contributed by atoms with E-state index in [2.05, 4.69) is 110 Å². The summed E-state index contributed by atoms with van der Waals surface area (Å²) in [4.78, 5) is 1.47. The van der Waals surface area contributed by atoms with E-state index < -0.39 is 23.5 Å². The maximum atomic E-state index is 13.6. The standard InChI is InChI=1S/C28H13F6N2S.2C14H9N2S.Ir/c29-27(30,31)21-10-9-18(13-22(21)28(32,33)34)25-19-11-15-5-1-2-6-16(15)12-20(19)26(36-35-25)24-14-17-7-3-4-8-23(17)37-24;2*1-9(17)14-13-7-11-5-3-2-4-10(11)6-12(13)8-15-16-14;/h1-13H;2*1-8,17H;/q3*-1;+3. The quantitative estimate of drug-likeness (QED) is 0.0791. The van der Waals surface area contributed by atoms with Crippen molar-refractivity contribution in [3.63, 3.8) is 0 Å². The Bertz CT molecular complexity index is 3920. The number of thiol groups is 2.